The molecule has 0 spiro atoms. The van der Waals surface area contributed by atoms with Crippen LogP contribution in [0.3, 0.4) is 0 Å². The second-order valence-electron chi connectivity index (χ2n) is 2.02. The van der Waals surface area contributed by atoms with E-state index in [-0.39, 0.29) is 10.6 Å². The minimum atomic E-state index is -0.768. The average Bonchev–Trinajstić information content (AvgIpc) is 1.96. The van der Waals surface area contributed by atoms with Crippen molar-refractivity contribution in [3.8, 4) is 0 Å². The zero-order valence-corrected chi connectivity index (χ0v) is 6.20. The van der Waals surface area contributed by atoms with Crippen LogP contribution in [0.25, 0.3) is 0 Å². The van der Waals surface area contributed by atoms with E-state index in [9.17, 15) is 8.78 Å². The minimum Gasteiger partial charge on any atom is -0.392 e. The van der Waals surface area contributed by atoms with Crippen molar-refractivity contribution < 1.29 is 13.9 Å². The lowest BCUT2D eigenvalue weighted by atomic mass is 10.2. The molecule has 0 fully saturated rings. The molecular weight excluding hydrogens is 174 g/mol. The first kappa shape index (κ1) is 8.43. The summed E-state index contributed by atoms with van der Waals surface area (Å²) in [5, 5.41) is 8.19. The number of aliphatic hydroxyl groups is 1. The van der Waals surface area contributed by atoms with Gasteiger partial charge in [-0.1, -0.05) is 11.6 Å². The molecule has 1 nitrogen and oxygen atoms in total. The Morgan fingerprint density at radius 1 is 1.36 bits per heavy atom. The maximum Gasteiger partial charge on any atom is 0.147 e. The van der Waals surface area contributed by atoms with Crippen LogP contribution in [-0.2, 0) is 6.61 Å². The third-order valence-electron chi connectivity index (χ3n) is 1.24. The summed E-state index contributed by atoms with van der Waals surface area (Å²) in [4.78, 5) is 0. The molecule has 0 bridgehead atoms. The highest BCUT2D eigenvalue weighted by Gasteiger charge is 2.07. The first-order valence-corrected chi connectivity index (χ1v) is 3.27. The predicted octanol–water partition coefficient (Wildman–Crippen LogP) is 2.11. The Hall–Kier alpha value is -0.670. The van der Waals surface area contributed by atoms with Crippen LogP contribution in [0.1, 0.15) is 5.56 Å². The van der Waals surface area contributed by atoms with Crippen LogP contribution in [0.15, 0.2) is 12.1 Å². The summed E-state index contributed by atoms with van der Waals surface area (Å²) in [5.41, 5.74) is -0.130. The van der Waals surface area contributed by atoms with Crippen LogP contribution >= 0.6 is 11.6 Å². The number of aliphatic hydroxyl groups excluding tert-OH is 1. The van der Waals surface area contributed by atoms with Gasteiger partial charge in [0, 0.05) is 5.56 Å². The third-order valence-corrected chi connectivity index (χ3v) is 1.51. The van der Waals surface area contributed by atoms with Crippen molar-refractivity contribution >= 4 is 11.6 Å². The van der Waals surface area contributed by atoms with Gasteiger partial charge in [0.1, 0.15) is 11.6 Å². The molecule has 0 atom stereocenters. The summed E-state index contributed by atoms with van der Waals surface area (Å²) in [5.74, 6) is -1.42. The van der Waals surface area contributed by atoms with Gasteiger partial charge in [-0.15, -0.1) is 0 Å². The highest BCUT2D eigenvalue weighted by Crippen LogP contribution is 2.19. The molecule has 1 N–H and O–H groups in total. The largest absolute Gasteiger partial charge is 0.392 e. The average molecular weight is 179 g/mol. The minimum absolute atomic E-state index is 0.130. The molecule has 0 radical (unpaired) electrons. The lowest BCUT2D eigenvalue weighted by Crippen LogP contribution is -1.92. The molecule has 0 aliphatic heterocycles. The van der Waals surface area contributed by atoms with Crippen LogP contribution < -0.4 is 0 Å². The van der Waals surface area contributed by atoms with E-state index in [2.05, 4.69) is 0 Å². The van der Waals surface area contributed by atoms with E-state index >= 15 is 0 Å². The predicted molar refractivity (Wildman–Crippen MR) is 37.3 cm³/mol. The van der Waals surface area contributed by atoms with Gasteiger partial charge in [0.15, 0.2) is 0 Å². The lowest BCUT2D eigenvalue weighted by molar-refractivity contribution is 0.275. The topological polar surface area (TPSA) is 20.2 Å². The van der Waals surface area contributed by atoms with Gasteiger partial charge in [0.2, 0.25) is 0 Å². The fourth-order valence-electron chi connectivity index (χ4n) is 0.724. The highest BCUT2D eigenvalue weighted by molar-refractivity contribution is 6.30. The molecule has 11 heavy (non-hydrogen) atoms. The van der Waals surface area contributed by atoms with Gasteiger partial charge >= 0.3 is 0 Å². The van der Waals surface area contributed by atoms with E-state index in [1.165, 1.54) is 0 Å². The maximum absolute atomic E-state index is 12.7. The van der Waals surface area contributed by atoms with Crippen molar-refractivity contribution in [3.63, 3.8) is 0 Å². The Bertz CT molecular complexity index is 275. The summed E-state index contributed by atoms with van der Waals surface area (Å²) >= 11 is 5.27. The van der Waals surface area contributed by atoms with Gasteiger partial charge in [0.05, 0.1) is 11.6 Å². The second-order valence-corrected chi connectivity index (χ2v) is 2.43. The summed E-state index contributed by atoms with van der Waals surface area (Å²) in [6.45, 7) is -0.552. The number of benzene rings is 1. The summed E-state index contributed by atoms with van der Waals surface area (Å²) in [6.07, 6.45) is 0. The molecule has 0 aliphatic rings. The summed E-state index contributed by atoms with van der Waals surface area (Å²) < 4.78 is 25.2. The standard InChI is InChI=1S/C7H5ClF2O/c8-6-2-5(9)1-4(3-11)7(6)10/h1-2,11H,3H2. The van der Waals surface area contributed by atoms with Gasteiger partial charge in [-0.25, -0.2) is 8.78 Å². The van der Waals surface area contributed by atoms with E-state index in [0.717, 1.165) is 12.1 Å². The van der Waals surface area contributed by atoms with Gasteiger partial charge in [-0.2, -0.15) is 0 Å². The number of hydrogen-bond acceptors (Lipinski definition) is 1. The highest BCUT2D eigenvalue weighted by atomic mass is 35.5. The van der Waals surface area contributed by atoms with Gasteiger partial charge in [-0.3, -0.25) is 0 Å². The van der Waals surface area contributed by atoms with Crippen LogP contribution in [-0.4, -0.2) is 5.11 Å². The molecule has 0 saturated carbocycles. The molecular formula is C7H5ClF2O. The van der Waals surface area contributed by atoms with E-state index in [0.29, 0.717) is 0 Å². The van der Waals surface area contributed by atoms with Crippen molar-refractivity contribution in [2.75, 3.05) is 0 Å². The molecule has 0 aromatic heterocycles. The van der Waals surface area contributed by atoms with Gasteiger partial charge in [-0.05, 0) is 12.1 Å². The SMILES string of the molecule is OCc1cc(F)cc(Cl)c1F. The monoisotopic (exact) mass is 178 g/mol. The Labute approximate surface area is 67.2 Å². The summed E-state index contributed by atoms with van der Waals surface area (Å²) in [7, 11) is 0. The Balaban J connectivity index is 3.24. The molecule has 1 aromatic rings. The zero-order valence-electron chi connectivity index (χ0n) is 5.44. The van der Waals surface area contributed by atoms with Crippen LogP contribution in [0.4, 0.5) is 8.78 Å². The maximum atomic E-state index is 12.7. The van der Waals surface area contributed by atoms with E-state index in [4.69, 9.17) is 16.7 Å². The second kappa shape index (κ2) is 3.15. The third kappa shape index (κ3) is 1.67. The number of hydrogen-bond donors (Lipinski definition) is 1. The smallest absolute Gasteiger partial charge is 0.147 e. The molecule has 1 rings (SSSR count). The fourth-order valence-corrected chi connectivity index (χ4v) is 0.950. The van der Waals surface area contributed by atoms with Crippen molar-refractivity contribution in [1.82, 2.24) is 0 Å². The van der Waals surface area contributed by atoms with Gasteiger partial charge < -0.3 is 5.11 Å². The Morgan fingerprint density at radius 2 is 2.00 bits per heavy atom. The molecule has 0 heterocycles. The number of rotatable bonds is 1. The van der Waals surface area contributed by atoms with Crippen LogP contribution in [0.2, 0.25) is 5.02 Å². The molecule has 4 heteroatoms. The number of halogens is 3. The lowest BCUT2D eigenvalue weighted by Gasteiger charge is -2.00. The normalized spacial score (nSPS) is 10.2. The first-order valence-electron chi connectivity index (χ1n) is 2.89. The van der Waals surface area contributed by atoms with Crippen LogP contribution in [0.5, 0.6) is 0 Å². The fraction of sp³-hybridized carbons (Fsp3) is 0.143. The summed E-state index contributed by atoms with van der Waals surface area (Å²) in [6, 6.07) is 1.76. The molecule has 60 valence electrons. The molecule has 0 unspecified atom stereocenters. The molecule has 0 saturated heterocycles. The van der Waals surface area contributed by atoms with Crippen molar-refractivity contribution in [3.05, 3.63) is 34.4 Å². The Kier molecular flexibility index (Phi) is 2.42. The van der Waals surface area contributed by atoms with Crippen molar-refractivity contribution in [2.45, 2.75) is 6.61 Å². The first-order chi connectivity index (χ1) is 5.15. The quantitative estimate of drug-likeness (QED) is 0.653. The van der Waals surface area contributed by atoms with Crippen molar-refractivity contribution in [1.29, 1.82) is 0 Å². The Morgan fingerprint density at radius 3 is 2.55 bits per heavy atom. The van der Waals surface area contributed by atoms with E-state index < -0.39 is 18.2 Å². The molecule has 0 aliphatic carbocycles. The van der Waals surface area contributed by atoms with E-state index in [1.54, 1.807) is 0 Å². The van der Waals surface area contributed by atoms with Crippen molar-refractivity contribution in [2.24, 2.45) is 0 Å². The zero-order chi connectivity index (χ0) is 8.43. The molecule has 1 aromatic carbocycles. The van der Waals surface area contributed by atoms with Gasteiger partial charge in [0.25, 0.3) is 0 Å². The molecule has 0 amide bonds. The van der Waals surface area contributed by atoms with E-state index in [1.807, 2.05) is 0 Å². The van der Waals surface area contributed by atoms with Crippen LogP contribution in [0, 0.1) is 11.6 Å².